The summed E-state index contributed by atoms with van der Waals surface area (Å²) in [4.78, 5) is 23.7. The standard InChI is InChI=1S/C20H24N2O5/c1-26-15-8-9-16(18(12-15)27-2)22-19(23)13-17(20(24)25)21-11-10-14-6-4-3-5-7-14/h3-9,12,17,21H,10-11,13H2,1-2H3,(H,22,23)(H,24,25)/t17-/m1/s1. The summed E-state index contributed by atoms with van der Waals surface area (Å²) in [6.07, 6.45) is 0.484. The first-order valence-electron chi connectivity index (χ1n) is 8.55. The van der Waals surface area contributed by atoms with Gasteiger partial charge in [-0.2, -0.15) is 0 Å². The first-order chi connectivity index (χ1) is 13.0. The first kappa shape index (κ1) is 20.3. The summed E-state index contributed by atoms with van der Waals surface area (Å²) in [7, 11) is 3.02. The van der Waals surface area contributed by atoms with Gasteiger partial charge in [-0.1, -0.05) is 30.3 Å². The summed E-state index contributed by atoms with van der Waals surface area (Å²) < 4.78 is 10.3. The van der Waals surface area contributed by atoms with Gasteiger partial charge in [0.15, 0.2) is 0 Å². The summed E-state index contributed by atoms with van der Waals surface area (Å²) in [6, 6.07) is 13.7. The Balaban J connectivity index is 1.91. The molecule has 1 atom stereocenters. The predicted octanol–water partition coefficient (Wildman–Crippen LogP) is 2.32. The van der Waals surface area contributed by atoms with Crippen LogP contribution in [-0.4, -0.2) is 43.8 Å². The maximum Gasteiger partial charge on any atom is 0.321 e. The van der Waals surface area contributed by atoms with Crippen LogP contribution in [0.2, 0.25) is 0 Å². The third-order valence-corrected chi connectivity index (χ3v) is 4.02. The highest BCUT2D eigenvalue weighted by atomic mass is 16.5. The number of carbonyl (C=O) groups is 2. The SMILES string of the molecule is COc1ccc(NC(=O)C[C@@H](NCCc2ccccc2)C(=O)O)c(OC)c1. The van der Waals surface area contributed by atoms with Crippen molar-refractivity contribution in [2.45, 2.75) is 18.9 Å². The highest BCUT2D eigenvalue weighted by molar-refractivity contribution is 5.95. The molecule has 7 nitrogen and oxygen atoms in total. The molecular weight excluding hydrogens is 348 g/mol. The molecule has 2 aromatic rings. The molecule has 0 aromatic heterocycles. The smallest absolute Gasteiger partial charge is 0.321 e. The number of hydrogen-bond donors (Lipinski definition) is 3. The van der Waals surface area contributed by atoms with Gasteiger partial charge in [0.1, 0.15) is 17.5 Å². The Morgan fingerprint density at radius 2 is 1.81 bits per heavy atom. The molecule has 0 fully saturated rings. The average molecular weight is 372 g/mol. The molecule has 0 aliphatic rings. The molecule has 2 aromatic carbocycles. The topological polar surface area (TPSA) is 96.9 Å². The van der Waals surface area contributed by atoms with Crippen LogP contribution in [0.5, 0.6) is 11.5 Å². The zero-order valence-electron chi connectivity index (χ0n) is 15.4. The molecule has 2 rings (SSSR count). The largest absolute Gasteiger partial charge is 0.497 e. The van der Waals surface area contributed by atoms with Gasteiger partial charge < -0.3 is 25.2 Å². The minimum atomic E-state index is -1.07. The lowest BCUT2D eigenvalue weighted by Gasteiger charge is -2.16. The minimum Gasteiger partial charge on any atom is -0.497 e. The van der Waals surface area contributed by atoms with Gasteiger partial charge in [-0.3, -0.25) is 9.59 Å². The molecule has 1 amide bonds. The highest BCUT2D eigenvalue weighted by Gasteiger charge is 2.21. The van der Waals surface area contributed by atoms with Crippen LogP contribution >= 0.6 is 0 Å². The number of aliphatic carboxylic acids is 1. The third-order valence-electron chi connectivity index (χ3n) is 4.02. The second-order valence-electron chi connectivity index (χ2n) is 5.90. The van der Waals surface area contributed by atoms with Gasteiger partial charge in [-0.15, -0.1) is 0 Å². The first-order valence-corrected chi connectivity index (χ1v) is 8.55. The number of benzene rings is 2. The van der Waals surface area contributed by atoms with Crippen molar-refractivity contribution in [3.8, 4) is 11.5 Å². The molecule has 0 spiro atoms. The molecule has 0 heterocycles. The number of carbonyl (C=O) groups excluding carboxylic acids is 1. The number of nitrogens with one attached hydrogen (secondary N) is 2. The second kappa shape index (κ2) is 10.2. The molecule has 0 saturated carbocycles. The molecule has 27 heavy (non-hydrogen) atoms. The Morgan fingerprint density at radius 1 is 1.07 bits per heavy atom. The lowest BCUT2D eigenvalue weighted by atomic mass is 10.1. The molecule has 0 bridgehead atoms. The quantitative estimate of drug-likeness (QED) is 0.592. The fraction of sp³-hybridized carbons (Fsp3) is 0.300. The number of ether oxygens (including phenoxy) is 2. The summed E-state index contributed by atoms with van der Waals surface area (Å²) in [5.41, 5.74) is 1.55. The maximum absolute atomic E-state index is 12.3. The number of methoxy groups -OCH3 is 2. The number of anilines is 1. The number of carboxylic acids is 1. The number of carboxylic acid groups (broad SMARTS) is 1. The summed E-state index contributed by atoms with van der Waals surface area (Å²) in [6.45, 7) is 0.458. The molecule has 0 aliphatic carbocycles. The van der Waals surface area contributed by atoms with Gasteiger partial charge >= 0.3 is 5.97 Å². The normalized spacial score (nSPS) is 11.5. The zero-order chi connectivity index (χ0) is 19.6. The lowest BCUT2D eigenvalue weighted by molar-refractivity contribution is -0.141. The van der Waals surface area contributed by atoms with Crippen LogP contribution in [0, 0.1) is 0 Å². The fourth-order valence-corrected chi connectivity index (χ4v) is 2.57. The van der Waals surface area contributed by atoms with E-state index in [1.807, 2.05) is 30.3 Å². The third kappa shape index (κ3) is 6.31. The van der Waals surface area contributed by atoms with Crippen molar-refractivity contribution in [2.24, 2.45) is 0 Å². The van der Waals surface area contributed by atoms with Crippen LogP contribution in [-0.2, 0) is 16.0 Å². The monoisotopic (exact) mass is 372 g/mol. The lowest BCUT2D eigenvalue weighted by Crippen LogP contribution is -2.40. The highest BCUT2D eigenvalue weighted by Crippen LogP contribution is 2.29. The number of rotatable bonds is 10. The van der Waals surface area contributed by atoms with Crippen molar-refractivity contribution in [3.05, 3.63) is 54.1 Å². The molecule has 3 N–H and O–H groups in total. The Labute approximate surface area is 158 Å². The van der Waals surface area contributed by atoms with E-state index in [1.54, 1.807) is 18.2 Å². The minimum absolute atomic E-state index is 0.195. The Morgan fingerprint density at radius 3 is 2.44 bits per heavy atom. The van der Waals surface area contributed by atoms with Gasteiger partial charge in [-0.25, -0.2) is 0 Å². The van der Waals surface area contributed by atoms with Gasteiger partial charge in [0.25, 0.3) is 0 Å². The molecule has 7 heteroatoms. The van der Waals surface area contributed by atoms with E-state index in [1.165, 1.54) is 14.2 Å². The van der Waals surface area contributed by atoms with E-state index >= 15 is 0 Å². The van der Waals surface area contributed by atoms with Crippen molar-refractivity contribution in [3.63, 3.8) is 0 Å². The predicted molar refractivity (Wildman–Crippen MR) is 102 cm³/mol. The van der Waals surface area contributed by atoms with E-state index in [9.17, 15) is 14.7 Å². The number of hydrogen-bond acceptors (Lipinski definition) is 5. The van der Waals surface area contributed by atoms with E-state index in [0.29, 0.717) is 30.2 Å². The van der Waals surface area contributed by atoms with E-state index in [0.717, 1.165) is 5.56 Å². The van der Waals surface area contributed by atoms with Gasteiger partial charge in [-0.05, 0) is 30.7 Å². The van der Waals surface area contributed by atoms with Crippen LogP contribution in [0.1, 0.15) is 12.0 Å². The van der Waals surface area contributed by atoms with E-state index < -0.39 is 17.9 Å². The molecule has 0 radical (unpaired) electrons. The van der Waals surface area contributed by atoms with Gasteiger partial charge in [0.2, 0.25) is 5.91 Å². The fourth-order valence-electron chi connectivity index (χ4n) is 2.57. The van der Waals surface area contributed by atoms with Crippen molar-refractivity contribution >= 4 is 17.6 Å². The Kier molecular flexibility index (Phi) is 7.63. The van der Waals surface area contributed by atoms with Crippen molar-refractivity contribution in [1.82, 2.24) is 5.32 Å². The molecule has 0 saturated heterocycles. The van der Waals surface area contributed by atoms with Crippen LogP contribution < -0.4 is 20.1 Å². The molecular formula is C20H24N2O5. The van der Waals surface area contributed by atoms with Gasteiger partial charge in [0, 0.05) is 6.07 Å². The molecule has 144 valence electrons. The Hall–Kier alpha value is -3.06. The van der Waals surface area contributed by atoms with E-state index in [2.05, 4.69) is 10.6 Å². The molecule has 0 aliphatic heterocycles. The van der Waals surface area contributed by atoms with Crippen LogP contribution in [0.4, 0.5) is 5.69 Å². The summed E-state index contributed by atoms with van der Waals surface area (Å²) >= 11 is 0. The van der Waals surface area contributed by atoms with Crippen LogP contribution in [0.3, 0.4) is 0 Å². The molecule has 0 unspecified atom stereocenters. The summed E-state index contributed by atoms with van der Waals surface area (Å²) in [5.74, 6) is -0.458. The van der Waals surface area contributed by atoms with Crippen molar-refractivity contribution in [1.29, 1.82) is 0 Å². The van der Waals surface area contributed by atoms with E-state index in [-0.39, 0.29) is 6.42 Å². The van der Waals surface area contributed by atoms with Crippen LogP contribution in [0.15, 0.2) is 48.5 Å². The Bertz CT molecular complexity index is 764. The zero-order valence-corrected chi connectivity index (χ0v) is 15.4. The van der Waals surface area contributed by atoms with E-state index in [4.69, 9.17) is 9.47 Å². The van der Waals surface area contributed by atoms with Gasteiger partial charge in [0.05, 0.1) is 26.3 Å². The average Bonchev–Trinajstić information content (AvgIpc) is 2.68. The summed E-state index contributed by atoms with van der Waals surface area (Å²) in [5, 5.41) is 15.0. The number of amides is 1. The van der Waals surface area contributed by atoms with Crippen molar-refractivity contribution < 1.29 is 24.2 Å². The maximum atomic E-state index is 12.3. The second-order valence-corrected chi connectivity index (χ2v) is 5.90. The van der Waals surface area contributed by atoms with Crippen molar-refractivity contribution in [2.75, 3.05) is 26.1 Å². The van der Waals surface area contributed by atoms with Crippen LogP contribution in [0.25, 0.3) is 0 Å².